The highest BCUT2D eigenvalue weighted by molar-refractivity contribution is 5.76. The molecule has 0 amide bonds. The van der Waals surface area contributed by atoms with Crippen molar-refractivity contribution in [3.05, 3.63) is 0 Å². The van der Waals surface area contributed by atoms with Crippen molar-refractivity contribution < 1.29 is 15.0 Å². The van der Waals surface area contributed by atoms with Crippen LogP contribution in [0.15, 0.2) is 0 Å². The molecule has 1 saturated heterocycles. The lowest BCUT2D eigenvalue weighted by Crippen LogP contribution is -2.57. The summed E-state index contributed by atoms with van der Waals surface area (Å²) >= 11 is 0. The average molecular weight is 241 g/mol. The summed E-state index contributed by atoms with van der Waals surface area (Å²) in [5.74, 6) is -0.789. The third-order valence-corrected chi connectivity index (χ3v) is 4.89. The predicted octanol–water partition coefficient (Wildman–Crippen LogP) is 1.48. The Bertz CT molecular complexity index is 289. The van der Waals surface area contributed by atoms with Crippen molar-refractivity contribution in [1.82, 2.24) is 4.90 Å². The molecule has 2 N–H and O–H groups in total. The SMILES string of the molecule is CCN1CCC(O)(C2(C(=O)O)CCCC2)CC1. The molecular weight excluding hydrogens is 218 g/mol. The summed E-state index contributed by atoms with van der Waals surface area (Å²) in [7, 11) is 0. The number of hydrogen-bond donors (Lipinski definition) is 2. The molecule has 0 bridgehead atoms. The van der Waals surface area contributed by atoms with Gasteiger partial charge in [0.05, 0.1) is 11.0 Å². The molecule has 2 rings (SSSR count). The van der Waals surface area contributed by atoms with Crippen molar-refractivity contribution >= 4 is 5.97 Å². The van der Waals surface area contributed by atoms with Crippen LogP contribution < -0.4 is 0 Å². The second-order valence-electron chi connectivity index (χ2n) is 5.56. The van der Waals surface area contributed by atoms with E-state index < -0.39 is 17.0 Å². The van der Waals surface area contributed by atoms with E-state index in [-0.39, 0.29) is 0 Å². The number of hydrogen-bond acceptors (Lipinski definition) is 3. The fourth-order valence-electron chi connectivity index (χ4n) is 3.57. The number of nitrogens with zero attached hydrogens (tertiary/aromatic N) is 1. The van der Waals surface area contributed by atoms with E-state index in [2.05, 4.69) is 11.8 Å². The summed E-state index contributed by atoms with van der Waals surface area (Å²) in [6.07, 6.45) is 4.37. The van der Waals surface area contributed by atoms with Gasteiger partial charge in [0.25, 0.3) is 0 Å². The van der Waals surface area contributed by atoms with Gasteiger partial charge in [0.1, 0.15) is 0 Å². The zero-order chi connectivity index (χ0) is 12.5. The molecule has 0 aromatic rings. The van der Waals surface area contributed by atoms with Crippen LogP contribution in [0.25, 0.3) is 0 Å². The molecule has 1 aliphatic carbocycles. The van der Waals surface area contributed by atoms with Crippen LogP contribution in [0.1, 0.15) is 45.4 Å². The van der Waals surface area contributed by atoms with Crippen LogP contribution in [0.2, 0.25) is 0 Å². The van der Waals surface area contributed by atoms with E-state index in [1.165, 1.54) is 0 Å². The summed E-state index contributed by atoms with van der Waals surface area (Å²) in [4.78, 5) is 13.9. The Kier molecular flexibility index (Phi) is 3.46. The lowest BCUT2D eigenvalue weighted by molar-refractivity contribution is -0.176. The van der Waals surface area contributed by atoms with Crippen molar-refractivity contribution in [1.29, 1.82) is 0 Å². The summed E-state index contributed by atoms with van der Waals surface area (Å²) in [6.45, 7) is 4.73. The molecule has 98 valence electrons. The Morgan fingerprint density at radius 1 is 1.18 bits per heavy atom. The molecule has 4 nitrogen and oxygen atoms in total. The maximum Gasteiger partial charge on any atom is 0.312 e. The molecule has 4 heteroatoms. The number of aliphatic carboxylic acids is 1. The van der Waals surface area contributed by atoms with Gasteiger partial charge in [-0.25, -0.2) is 0 Å². The van der Waals surface area contributed by atoms with Crippen LogP contribution in [0.4, 0.5) is 0 Å². The third-order valence-electron chi connectivity index (χ3n) is 4.89. The summed E-state index contributed by atoms with van der Waals surface area (Å²) in [6, 6.07) is 0. The highest BCUT2D eigenvalue weighted by Crippen LogP contribution is 2.50. The first-order valence-electron chi connectivity index (χ1n) is 6.72. The smallest absolute Gasteiger partial charge is 0.312 e. The third kappa shape index (κ3) is 1.97. The minimum atomic E-state index is -0.985. The second kappa shape index (κ2) is 4.58. The Labute approximate surface area is 103 Å². The topological polar surface area (TPSA) is 60.8 Å². The number of carboxylic acids is 1. The largest absolute Gasteiger partial charge is 0.481 e. The van der Waals surface area contributed by atoms with E-state index in [9.17, 15) is 15.0 Å². The average Bonchev–Trinajstić information content (AvgIpc) is 2.81. The van der Waals surface area contributed by atoms with Gasteiger partial charge in [-0.3, -0.25) is 4.79 Å². The molecular formula is C13H23NO3. The molecule has 1 aliphatic heterocycles. The molecule has 0 atom stereocenters. The minimum absolute atomic E-state index is 0.604. The van der Waals surface area contributed by atoms with Crippen molar-refractivity contribution in [3.8, 4) is 0 Å². The van der Waals surface area contributed by atoms with Crippen LogP contribution in [-0.4, -0.2) is 46.3 Å². The predicted molar refractivity (Wildman–Crippen MR) is 64.8 cm³/mol. The molecule has 2 fully saturated rings. The standard InChI is InChI=1S/C13H23NO3/c1-2-14-9-7-13(17,8-10-14)12(11(15)16)5-3-4-6-12/h17H,2-10H2,1H3,(H,15,16). The van der Waals surface area contributed by atoms with E-state index in [4.69, 9.17) is 0 Å². The van der Waals surface area contributed by atoms with Gasteiger partial charge in [-0.1, -0.05) is 19.8 Å². The number of likely N-dealkylation sites (tertiary alicyclic amines) is 1. The van der Waals surface area contributed by atoms with Crippen molar-refractivity contribution in [2.75, 3.05) is 19.6 Å². The highest BCUT2D eigenvalue weighted by atomic mass is 16.4. The Morgan fingerprint density at radius 2 is 1.71 bits per heavy atom. The van der Waals surface area contributed by atoms with E-state index in [1.54, 1.807) is 0 Å². The molecule has 17 heavy (non-hydrogen) atoms. The van der Waals surface area contributed by atoms with Crippen LogP contribution in [-0.2, 0) is 4.79 Å². The first kappa shape index (κ1) is 12.8. The fraction of sp³-hybridized carbons (Fsp3) is 0.923. The minimum Gasteiger partial charge on any atom is -0.481 e. The zero-order valence-corrected chi connectivity index (χ0v) is 10.6. The van der Waals surface area contributed by atoms with Gasteiger partial charge in [0.2, 0.25) is 0 Å². The molecule has 1 saturated carbocycles. The summed E-state index contributed by atoms with van der Waals surface area (Å²) in [5.41, 5.74) is -1.85. The maximum absolute atomic E-state index is 11.6. The van der Waals surface area contributed by atoms with E-state index in [0.717, 1.165) is 32.5 Å². The number of aliphatic hydroxyl groups is 1. The molecule has 0 radical (unpaired) electrons. The first-order valence-corrected chi connectivity index (χ1v) is 6.72. The van der Waals surface area contributed by atoms with Gasteiger partial charge >= 0.3 is 5.97 Å². The zero-order valence-electron chi connectivity index (χ0n) is 10.6. The van der Waals surface area contributed by atoms with E-state index in [1.807, 2.05) is 0 Å². The van der Waals surface area contributed by atoms with Gasteiger partial charge in [0, 0.05) is 13.1 Å². The monoisotopic (exact) mass is 241 g/mol. The van der Waals surface area contributed by atoms with Gasteiger partial charge in [0.15, 0.2) is 0 Å². The van der Waals surface area contributed by atoms with Crippen LogP contribution in [0.3, 0.4) is 0 Å². The molecule has 0 aromatic heterocycles. The van der Waals surface area contributed by atoms with Crippen molar-refractivity contribution in [2.24, 2.45) is 5.41 Å². The molecule has 0 aromatic carbocycles. The number of rotatable bonds is 3. The van der Waals surface area contributed by atoms with Gasteiger partial charge in [-0.2, -0.15) is 0 Å². The normalized spacial score (nSPS) is 28.1. The van der Waals surface area contributed by atoms with Gasteiger partial charge < -0.3 is 15.1 Å². The molecule has 2 aliphatic rings. The van der Waals surface area contributed by atoms with E-state index >= 15 is 0 Å². The Hall–Kier alpha value is -0.610. The lowest BCUT2D eigenvalue weighted by atomic mass is 9.66. The van der Waals surface area contributed by atoms with Crippen molar-refractivity contribution in [2.45, 2.75) is 51.0 Å². The van der Waals surface area contributed by atoms with Crippen LogP contribution in [0.5, 0.6) is 0 Å². The van der Waals surface area contributed by atoms with Crippen LogP contribution >= 0.6 is 0 Å². The first-order chi connectivity index (χ1) is 8.04. The molecule has 0 spiro atoms. The van der Waals surface area contributed by atoms with Crippen LogP contribution in [0, 0.1) is 5.41 Å². The van der Waals surface area contributed by atoms with Crippen molar-refractivity contribution in [3.63, 3.8) is 0 Å². The number of piperidine rings is 1. The quantitative estimate of drug-likeness (QED) is 0.785. The summed E-state index contributed by atoms with van der Waals surface area (Å²) < 4.78 is 0. The number of carboxylic acid groups (broad SMARTS) is 1. The van der Waals surface area contributed by atoms with E-state index in [0.29, 0.717) is 25.7 Å². The Balaban J connectivity index is 2.16. The molecule has 1 heterocycles. The number of carbonyl (C=O) groups is 1. The highest BCUT2D eigenvalue weighted by Gasteiger charge is 2.57. The molecule has 0 unspecified atom stereocenters. The Morgan fingerprint density at radius 3 is 2.12 bits per heavy atom. The second-order valence-corrected chi connectivity index (χ2v) is 5.56. The van der Waals surface area contributed by atoms with Gasteiger partial charge in [-0.15, -0.1) is 0 Å². The van der Waals surface area contributed by atoms with Gasteiger partial charge in [-0.05, 0) is 32.2 Å². The maximum atomic E-state index is 11.6. The fourth-order valence-corrected chi connectivity index (χ4v) is 3.57. The lowest BCUT2D eigenvalue weighted by Gasteiger charge is -2.47. The summed E-state index contributed by atoms with van der Waals surface area (Å²) in [5, 5.41) is 20.3.